The molecular formula is C19H16ClN3O2. The first-order chi connectivity index (χ1) is 11.9. The zero-order valence-electron chi connectivity index (χ0n) is 13.8. The molecule has 25 heavy (non-hydrogen) atoms. The summed E-state index contributed by atoms with van der Waals surface area (Å²) < 4.78 is 11.8. The molecule has 2 heterocycles. The molecule has 1 aromatic heterocycles. The first-order valence-electron chi connectivity index (χ1n) is 7.99. The molecule has 126 valence electrons. The lowest BCUT2D eigenvalue weighted by atomic mass is 9.89. The van der Waals surface area contributed by atoms with Crippen molar-refractivity contribution in [2.45, 2.75) is 31.9 Å². The van der Waals surface area contributed by atoms with Crippen molar-refractivity contribution in [2.24, 2.45) is 0 Å². The number of halogens is 1. The zero-order valence-corrected chi connectivity index (χ0v) is 14.6. The van der Waals surface area contributed by atoms with Crippen LogP contribution in [0.4, 0.5) is 6.01 Å². The average molecular weight is 354 g/mol. The van der Waals surface area contributed by atoms with Gasteiger partial charge in [-0.3, -0.25) is 0 Å². The van der Waals surface area contributed by atoms with E-state index in [1.807, 2.05) is 26.0 Å². The maximum absolute atomic E-state index is 9.18. The average Bonchev–Trinajstić information content (AvgIpc) is 2.95. The van der Waals surface area contributed by atoms with Crippen LogP contribution >= 0.6 is 11.6 Å². The maximum atomic E-state index is 9.18. The zero-order chi connectivity index (χ0) is 17.6. The number of oxazole rings is 1. The predicted molar refractivity (Wildman–Crippen MR) is 95.9 cm³/mol. The summed E-state index contributed by atoms with van der Waals surface area (Å²) in [5, 5.41) is 13.1. The lowest BCUT2D eigenvalue weighted by Gasteiger charge is -2.37. The fourth-order valence-corrected chi connectivity index (χ4v) is 3.33. The van der Waals surface area contributed by atoms with Gasteiger partial charge >= 0.3 is 0 Å². The van der Waals surface area contributed by atoms with E-state index in [-0.39, 0.29) is 11.6 Å². The molecule has 0 fully saturated rings. The molecule has 1 N–H and O–H groups in total. The molecule has 1 aliphatic rings. The molecule has 2 aromatic carbocycles. The summed E-state index contributed by atoms with van der Waals surface area (Å²) in [6.07, 6.45) is 0.717. The summed E-state index contributed by atoms with van der Waals surface area (Å²) in [6, 6.07) is 13.3. The molecule has 0 unspecified atom stereocenters. The van der Waals surface area contributed by atoms with Crippen molar-refractivity contribution in [2.75, 3.05) is 5.32 Å². The molecule has 5 nitrogen and oxygen atoms in total. The molecule has 0 aliphatic carbocycles. The lowest BCUT2D eigenvalue weighted by molar-refractivity contribution is 0.0755. The van der Waals surface area contributed by atoms with Gasteiger partial charge in [0.2, 0.25) is 0 Å². The second-order valence-corrected chi connectivity index (χ2v) is 7.19. The van der Waals surface area contributed by atoms with Gasteiger partial charge in [-0.15, -0.1) is 0 Å². The van der Waals surface area contributed by atoms with E-state index in [4.69, 9.17) is 20.8 Å². The summed E-state index contributed by atoms with van der Waals surface area (Å²) in [4.78, 5) is 4.46. The molecule has 1 atom stereocenters. The van der Waals surface area contributed by atoms with Crippen LogP contribution in [0.25, 0.3) is 11.1 Å². The molecule has 6 heteroatoms. The van der Waals surface area contributed by atoms with Crippen LogP contribution in [0.3, 0.4) is 0 Å². The van der Waals surface area contributed by atoms with Crippen molar-refractivity contribution in [1.29, 1.82) is 5.26 Å². The summed E-state index contributed by atoms with van der Waals surface area (Å²) in [5.74, 6) is 0.770. The Hall–Kier alpha value is -2.71. The number of benzene rings is 2. The van der Waals surface area contributed by atoms with Gasteiger partial charge < -0.3 is 14.5 Å². The third kappa shape index (κ3) is 3.01. The standard InChI is InChI=1S/C19H16ClN3O2/c1-19(2)9-15(13-7-11(10-21)3-5-16(13)25-19)23-18-22-14-8-12(20)4-6-17(14)24-18/h3-8,15H,9H2,1-2H3,(H,22,23)/t15-/m0/s1. The molecule has 0 spiro atoms. The Kier molecular flexibility index (Phi) is 3.59. The van der Waals surface area contributed by atoms with Crippen molar-refractivity contribution in [3.63, 3.8) is 0 Å². The molecule has 0 radical (unpaired) electrons. The van der Waals surface area contributed by atoms with Crippen LogP contribution in [-0.2, 0) is 0 Å². The fourth-order valence-electron chi connectivity index (χ4n) is 3.16. The van der Waals surface area contributed by atoms with E-state index in [1.54, 1.807) is 24.3 Å². The highest BCUT2D eigenvalue weighted by Gasteiger charge is 2.34. The Morgan fingerprint density at radius 1 is 1.28 bits per heavy atom. The van der Waals surface area contributed by atoms with Crippen LogP contribution in [0.15, 0.2) is 40.8 Å². The highest BCUT2D eigenvalue weighted by molar-refractivity contribution is 6.31. The Morgan fingerprint density at radius 3 is 2.92 bits per heavy atom. The van der Waals surface area contributed by atoms with Crippen molar-refractivity contribution >= 4 is 28.7 Å². The number of aromatic nitrogens is 1. The Morgan fingerprint density at radius 2 is 2.12 bits per heavy atom. The van der Waals surface area contributed by atoms with E-state index in [0.717, 1.165) is 11.3 Å². The van der Waals surface area contributed by atoms with Gasteiger partial charge in [0.15, 0.2) is 5.58 Å². The number of ether oxygens (including phenoxy) is 1. The maximum Gasteiger partial charge on any atom is 0.296 e. The minimum Gasteiger partial charge on any atom is -0.487 e. The minimum absolute atomic E-state index is 0.0735. The number of nitrogens with zero attached hydrogens (tertiary/aromatic N) is 2. The lowest BCUT2D eigenvalue weighted by Crippen LogP contribution is -2.37. The van der Waals surface area contributed by atoms with Gasteiger partial charge in [0.1, 0.15) is 16.9 Å². The summed E-state index contributed by atoms with van der Waals surface area (Å²) >= 11 is 6.01. The number of fused-ring (bicyclic) bond motifs is 2. The fraction of sp³-hybridized carbons (Fsp3) is 0.263. The highest BCUT2D eigenvalue weighted by Crippen LogP contribution is 2.41. The molecule has 0 saturated heterocycles. The summed E-state index contributed by atoms with van der Waals surface area (Å²) in [6.45, 7) is 4.07. The van der Waals surface area contributed by atoms with Crippen molar-refractivity contribution in [1.82, 2.24) is 4.98 Å². The second kappa shape index (κ2) is 5.68. The SMILES string of the molecule is CC1(C)C[C@H](Nc2nc3cc(Cl)ccc3o2)c2cc(C#N)ccc2O1. The quantitative estimate of drug-likeness (QED) is 0.696. The van der Waals surface area contributed by atoms with E-state index < -0.39 is 0 Å². The normalized spacial score (nSPS) is 18.2. The number of hydrogen-bond donors (Lipinski definition) is 1. The topological polar surface area (TPSA) is 71.1 Å². The van der Waals surface area contributed by atoms with Crippen molar-refractivity contribution < 1.29 is 9.15 Å². The Labute approximate surface area is 150 Å². The van der Waals surface area contributed by atoms with Gasteiger partial charge in [0.25, 0.3) is 6.01 Å². The van der Waals surface area contributed by atoms with Crippen LogP contribution in [0.1, 0.15) is 37.4 Å². The summed E-state index contributed by atoms with van der Waals surface area (Å²) in [5.41, 5.74) is 2.56. The van der Waals surface area contributed by atoms with Gasteiger partial charge in [-0.05, 0) is 50.2 Å². The molecule has 3 aromatic rings. The third-order valence-corrected chi connectivity index (χ3v) is 4.48. The smallest absolute Gasteiger partial charge is 0.296 e. The number of nitrogens with one attached hydrogen (secondary N) is 1. The van der Waals surface area contributed by atoms with Gasteiger partial charge in [-0.2, -0.15) is 10.2 Å². The van der Waals surface area contributed by atoms with Crippen LogP contribution in [0.5, 0.6) is 5.75 Å². The molecule has 0 bridgehead atoms. The monoisotopic (exact) mass is 353 g/mol. The van der Waals surface area contributed by atoms with Crippen LogP contribution in [0, 0.1) is 11.3 Å². The number of rotatable bonds is 2. The second-order valence-electron chi connectivity index (χ2n) is 6.76. The Bertz CT molecular complexity index is 1000. The molecule has 0 saturated carbocycles. The van der Waals surface area contributed by atoms with Gasteiger partial charge in [0.05, 0.1) is 17.7 Å². The minimum atomic E-state index is -0.339. The molecule has 1 aliphatic heterocycles. The van der Waals surface area contributed by atoms with Gasteiger partial charge in [-0.1, -0.05) is 11.6 Å². The van der Waals surface area contributed by atoms with Crippen LogP contribution < -0.4 is 10.1 Å². The van der Waals surface area contributed by atoms with E-state index in [0.29, 0.717) is 34.1 Å². The van der Waals surface area contributed by atoms with Crippen LogP contribution in [0.2, 0.25) is 5.02 Å². The first-order valence-corrected chi connectivity index (χ1v) is 8.37. The summed E-state index contributed by atoms with van der Waals surface area (Å²) in [7, 11) is 0. The van der Waals surface area contributed by atoms with E-state index >= 15 is 0 Å². The van der Waals surface area contributed by atoms with Gasteiger partial charge in [0, 0.05) is 17.0 Å². The molecular weight excluding hydrogens is 338 g/mol. The molecule has 4 rings (SSSR count). The van der Waals surface area contributed by atoms with Crippen LogP contribution in [-0.4, -0.2) is 10.6 Å². The van der Waals surface area contributed by atoms with Gasteiger partial charge in [-0.25, -0.2) is 0 Å². The largest absolute Gasteiger partial charge is 0.487 e. The number of hydrogen-bond acceptors (Lipinski definition) is 5. The van der Waals surface area contributed by atoms with Crippen molar-refractivity contribution in [3.05, 3.63) is 52.5 Å². The Balaban J connectivity index is 1.72. The van der Waals surface area contributed by atoms with E-state index in [2.05, 4.69) is 16.4 Å². The number of nitriles is 1. The molecule has 0 amide bonds. The van der Waals surface area contributed by atoms with E-state index in [9.17, 15) is 5.26 Å². The predicted octanol–water partition coefficient (Wildman–Crippen LogP) is 5.07. The highest BCUT2D eigenvalue weighted by atomic mass is 35.5. The van der Waals surface area contributed by atoms with Crippen molar-refractivity contribution in [3.8, 4) is 11.8 Å². The number of anilines is 1. The first kappa shape index (κ1) is 15.8. The van der Waals surface area contributed by atoms with E-state index in [1.165, 1.54) is 0 Å². The third-order valence-electron chi connectivity index (χ3n) is 4.24.